The number of nitrogens with one attached hydrogen (secondary N) is 4. The predicted octanol–water partition coefficient (Wildman–Crippen LogP) is 11.0. The Morgan fingerprint density at radius 1 is 0.425 bits per heavy atom. The second-order valence-electron chi connectivity index (χ2n) is 29.6. The Morgan fingerprint density at radius 3 is 1.26 bits per heavy atom. The molecule has 4 aliphatic rings. The molecule has 0 saturated carbocycles. The Balaban J connectivity index is 1.01. The Morgan fingerprint density at radius 2 is 0.811 bits per heavy atom. The van der Waals surface area contributed by atoms with Crippen molar-refractivity contribution >= 4 is 88.9 Å². The van der Waals surface area contributed by atoms with Crippen molar-refractivity contribution in [2.45, 2.75) is 164 Å². The van der Waals surface area contributed by atoms with E-state index >= 15 is 30.0 Å². The summed E-state index contributed by atoms with van der Waals surface area (Å²) in [5, 5.41) is -2.42. The normalized spacial score (nSPS) is 18.4. The second kappa shape index (κ2) is 29.5. The molecule has 8 aromatic carbocycles. The van der Waals surface area contributed by atoms with Crippen molar-refractivity contribution in [2.24, 2.45) is 0 Å². The van der Waals surface area contributed by atoms with Crippen LogP contribution in [0.4, 0.5) is 17.1 Å². The first-order valence-corrected chi connectivity index (χ1v) is 45.2. The minimum Gasteiger partial charge on any atom is -0.326 e. The van der Waals surface area contributed by atoms with Crippen LogP contribution in [0.3, 0.4) is 0 Å². The van der Waals surface area contributed by atoms with Gasteiger partial charge in [-0.3, -0.25) is 18.6 Å². The van der Waals surface area contributed by atoms with Crippen LogP contribution >= 0.6 is 0 Å². The quantitative estimate of drug-likeness (QED) is 0.0275. The number of nitrogens with zero attached hydrogens (tertiary/aromatic N) is 3. The summed E-state index contributed by atoms with van der Waals surface area (Å²) in [5.41, 5.74) is 10.4. The molecule has 0 fully saturated rings. The lowest BCUT2D eigenvalue weighted by Crippen LogP contribution is -2.76. The SMILES string of the molecule is CC(=O)c1cccc(-c2ccc3c(c2)CC(N(C(CC(=O)Nc2cccc(-c4ccc5c(c4)CC(NS(=O)(=O)C(C)C)C5)c2)(C(C)S(=O)(=O)NC2Cc4ccc(-c5cccc(N(C)S(C)(=O)=O)c5)cc4C2)N(C2Cc4ccc(-c5ccc(NS(C)(=O)=O)cc5)cc4C2)S(=O)(=O)C(C)C)S(=O)(=O)C(C)C)C3)c1. The van der Waals surface area contributed by atoms with E-state index in [4.69, 9.17) is 0 Å². The van der Waals surface area contributed by atoms with E-state index in [-0.39, 0.29) is 56.0 Å². The van der Waals surface area contributed by atoms with E-state index in [0.29, 0.717) is 85.4 Å². The molecule has 0 heterocycles. The summed E-state index contributed by atoms with van der Waals surface area (Å²) in [5.74, 6) is -1.06. The van der Waals surface area contributed by atoms with Gasteiger partial charge >= 0.3 is 0 Å². The Kier molecular flexibility index (Phi) is 21.6. The molecule has 0 bridgehead atoms. The molecule has 12 rings (SSSR count). The van der Waals surface area contributed by atoms with Crippen LogP contribution in [0.2, 0.25) is 0 Å². The number of Topliss-reactive ketones (excluding diaryl/α,β-unsaturated/α-hetero) is 1. The van der Waals surface area contributed by atoms with Crippen LogP contribution < -0.4 is 23.8 Å². The Hall–Kier alpha value is -7.96. The minimum absolute atomic E-state index is 0.0399. The number of carbonyl (C=O) groups excluding carboxylic acids is 2. The molecule has 6 unspecified atom stereocenters. The zero-order valence-electron chi connectivity index (χ0n) is 61.2. The largest absolute Gasteiger partial charge is 0.326 e. The molecule has 1 amide bonds. The first kappa shape index (κ1) is 77.6. The van der Waals surface area contributed by atoms with E-state index in [1.807, 2.05) is 91.0 Å². The summed E-state index contributed by atoms with van der Waals surface area (Å²) in [7, 11) is -24.4. The summed E-state index contributed by atoms with van der Waals surface area (Å²) in [4.78, 5) is 29.1. The zero-order valence-corrected chi connectivity index (χ0v) is 66.1. The molecule has 0 radical (unpaired) electrons. The van der Waals surface area contributed by atoms with Gasteiger partial charge in [0.05, 0.1) is 40.4 Å². The summed E-state index contributed by atoms with van der Waals surface area (Å²) in [6.07, 6.45) is 2.09. The number of benzene rings is 8. The fourth-order valence-corrected chi connectivity index (χ4v) is 22.8. The number of hydrogen-bond acceptors (Lipinski definition) is 14. The van der Waals surface area contributed by atoms with Crippen molar-refractivity contribution in [3.8, 4) is 44.5 Å². The first-order chi connectivity index (χ1) is 49.7. The predicted molar refractivity (Wildman–Crippen MR) is 420 cm³/mol. The number of anilines is 3. The lowest BCUT2D eigenvalue weighted by atomic mass is 9.96. The van der Waals surface area contributed by atoms with Crippen LogP contribution in [0.5, 0.6) is 0 Å². The van der Waals surface area contributed by atoms with Gasteiger partial charge in [-0.1, -0.05) is 127 Å². The van der Waals surface area contributed by atoms with Crippen LogP contribution in [0.15, 0.2) is 170 Å². The summed E-state index contributed by atoms with van der Waals surface area (Å²) >= 11 is 0. The van der Waals surface area contributed by atoms with Crippen molar-refractivity contribution in [1.82, 2.24) is 18.1 Å². The number of carbonyl (C=O) groups is 2. The smallest absolute Gasteiger partial charge is 0.231 e. The van der Waals surface area contributed by atoms with Gasteiger partial charge < -0.3 is 5.32 Å². The van der Waals surface area contributed by atoms with Crippen molar-refractivity contribution in [3.05, 3.63) is 220 Å². The molecule has 0 spiro atoms. The van der Waals surface area contributed by atoms with E-state index in [2.05, 4.69) is 19.5 Å². The van der Waals surface area contributed by atoms with Gasteiger partial charge in [-0.15, -0.1) is 0 Å². The van der Waals surface area contributed by atoms with E-state index < -0.39 is 117 Å². The van der Waals surface area contributed by atoms with Crippen LogP contribution in [-0.2, 0) is 116 Å². The number of sulfonamides is 6. The molecule has 8 aromatic rings. The third-order valence-electron chi connectivity index (χ3n) is 21.1. The molecular weight excluding hydrogens is 1460 g/mol. The summed E-state index contributed by atoms with van der Waals surface area (Å²) in [6, 6.07) is 46.7. The maximum Gasteiger partial charge on any atom is 0.231 e. The second-order valence-corrected chi connectivity index (χ2v) is 42.4. The molecule has 562 valence electrons. The van der Waals surface area contributed by atoms with Gasteiger partial charge in [0.1, 0.15) is 10.9 Å². The number of rotatable bonds is 27. The van der Waals surface area contributed by atoms with Gasteiger partial charge in [0.15, 0.2) is 5.78 Å². The monoisotopic (exact) mass is 1550 g/mol. The van der Waals surface area contributed by atoms with Crippen LogP contribution in [0.25, 0.3) is 44.5 Å². The Labute approximate surface area is 624 Å². The third kappa shape index (κ3) is 16.1. The van der Waals surface area contributed by atoms with E-state index in [9.17, 15) is 30.0 Å². The third-order valence-corrected chi connectivity index (χ3v) is 31.5. The maximum atomic E-state index is 16.7. The highest BCUT2D eigenvalue weighted by Crippen LogP contribution is 2.48. The maximum absolute atomic E-state index is 16.7. The van der Waals surface area contributed by atoms with Gasteiger partial charge in [-0.05, 0) is 238 Å². The van der Waals surface area contributed by atoms with E-state index in [0.717, 1.165) is 54.5 Å². The standard InChI is InChI=1S/C79H91N7O14S6/c1-49(2)103(93,94)82-73-39-63-25-22-61(35-67(63)41-73)57-17-13-19-72(38-57)80-78(88)48-79(86(106(99,100)51(5)6)77-45-66-28-24-60(37-70(66)47-77)56-16-12-15-55(33-56)52(7)87,53(8)104(95,96)83-74-40-64-26-23-62(36-68(64)42-74)58-18-14-20-75(43-58)84(9)102(11,91)92)85(105(97,98)50(3)4)76-44-65-27-21-59(34-69(65)46-76)54-29-31-71(32-30-54)81-101(10,89)90/h12-38,43,49-51,53,73-74,76-77,81-83H,39-42,44-48H2,1-11H3,(H,80,88). The lowest BCUT2D eigenvalue weighted by molar-refractivity contribution is -0.121. The molecule has 4 N–H and O–H groups in total. The van der Waals surface area contributed by atoms with Crippen molar-refractivity contribution < 1.29 is 60.1 Å². The molecule has 21 nitrogen and oxygen atoms in total. The van der Waals surface area contributed by atoms with Crippen LogP contribution in [0.1, 0.15) is 117 Å². The number of hydrogen-bond donors (Lipinski definition) is 4. The highest BCUT2D eigenvalue weighted by atomic mass is 32.2. The summed E-state index contributed by atoms with van der Waals surface area (Å²) < 4.78 is 187. The fourth-order valence-electron chi connectivity index (χ4n) is 15.4. The van der Waals surface area contributed by atoms with Gasteiger partial charge in [-0.2, -0.15) is 8.61 Å². The van der Waals surface area contributed by atoms with Crippen LogP contribution in [0, 0.1) is 0 Å². The minimum atomic E-state index is -5.08. The van der Waals surface area contributed by atoms with E-state index in [1.165, 1.54) is 52.9 Å². The highest BCUT2D eigenvalue weighted by molar-refractivity contribution is 7.92. The zero-order chi connectivity index (χ0) is 76.5. The summed E-state index contributed by atoms with van der Waals surface area (Å²) in [6.45, 7) is 11.8. The Bertz CT molecular complexity index is 5520. The molecule has 106 heavy (non-hydrogen) atoms. The van der Waals surface area contributed by atoms with Gasteiger partial charge in [0.2, 0.25) is 66.0 Å². The average molecular weight is 1560 g/mol. The number of amides is 1. The molecule has 0 aliphatic heterocycles. The van der Waals surface area contributed by atoms with Gasteiger partial charge in [-0.25, -0.2) is 60.0 Å². The first-order valence-electron chi connectivity index (χ1n) is 35.4. The molecular formula is C79H91N7O14S6. The molecule has 0 saturated heterocycles. The fraction of sp³-hybridized carbons (Fsp3) is 0.367. The van der Waals surface area contributed by atoms with Crippen LogP contribution in [-0.4, -0.2) is 141 Å². The van der Waals surface area contributed by atoms with Crippen molar-refractivity contribution in [2.75, 3.05) is 33.9 Å². The average Bonchev–Trinajstić information content (AvgIpc) is 1.21. The lowest BCUT2D eigenvalue weighted by Gasteiger charge is -2.55. The topological polar surface area (TPSA) is 297 Å². The number of fused-ring (bicyclic) bond motifs is 4. The highest BCUT2D eigenvalue weighted by Gasteiger charge is 2.65. The molecule has 0 aromatic heterocycles. The van der Waals surface area contributed by atoms with Gasteiger partial charge in [0.25, 0.3) is 0 Å². The van der Waals surface area contributed by atoms with E-state index in [1.54, 1.807) is 92.7 Å². The molecule has 4 aliphatic carbocycles. The molecule has 6 atom stereocenters. The van der Waals surface area contributed by atoms with Gasteiger partial charge in [0, 0.05) is 48.2 Å². The van der Waals surface area contributed by atoms with Crippen molar-refractivity contribution in [1.29, 1.82) is 0 Å². The van der Waals surface area contributed by atoms with Crippen molar-refractivity contribution in [3.63, 3.8) is 0 Å². The molecule has 27 heteroatoms. The number of ketones is 1.